The Hall–Kier alpha value is -4.10. The molecule has 206 valence electrons. The maximum atomic E-state index is 13.5. The van der Waals surface area contributed by atoms with Crippen molar-refractivity contribution in [3.63, 3.8) is 0 Å². The third kappa shape index (κ3) is 5.34. The molecule has 1 heterocycles. The molecule has 5 rings (SSSR count). The van der Waals surface area contributed by atoms with Crippen molar-refractivity contribution in [3.05, 3.63) is 103 Å². The number of hydrogen-bond acceptors (Lipinski definition) is 7. The number of hydrazone groups is 1. The van der Waals surface area contributed by atoms with Crippen molar-refractivity contribution in [2.45, 2.75) is 15.8 Å². The standard InChI is InChI=1S/C28H26N4O6S2/c33-27-16-15-21-9-7-8-14-24(21)25(27)19-29-30-28(34)26-20-31(39(35,36)22-10-3-1-4-11-22)17-18-32(26)40(37,38)23-12-5-2-6-13-23/h1-16,19,26,33H,17-18,20H2,(H,30,34)/b29-19-/t26-/m0/s1. The van der Waals surface area contributed by atoms with Crippen LogP contribution < -0.4 is 5.43 Å². The number of nitrogens with zero attached hydrogens (tertiary/aromatic N) is 3. The quantitative estimate of drug-likeness (QED) is 0.256. The van der Waals surface area contributed by atoms with Crippen LogP contribution in [0.4, 0.5) is 0 Å². The van der Waals surface area contributed by atoms with Gasteiger partial charge in [0.05, 0.1) is 16.0 Å². The first-order valence-corrected chi connectivity index (χ1v) is 15.2. The summed E-state index contributed by atoms with van der Waals surface area (Å²) in [6.45, 7) is -0.792. The van der Waals surface area contributed by atoms with Crippen molar-refractivity contribution >= 4 is 42.9 Å². The van der Waals surface area contributed by atoms with Crippen molar-refractivity contribution in [2.24, 2.45) is 5.10 Å². The van der Waals surface area contributed by atoms with E-state index in [0.717, 1.165) is 14.0 Å². The molecule has 0 aromatic heterocycles. The monoisotopic (exact) mass is 578 g/mol. The summed E-state index contributed by atoms with van der Waals surface area (Å²) >= 11 is 0. The van der Waals surface area contributed by atoms with E-state index >= 15 is 0 Å². The van der Waals surface area contributed by atoms with E-state index < -0.39 is 38.5 Å². The zero-order valence-electron chi connectivity index (χ0n) is 21.2. The maximum absolute atomic E-state index is 13.5. The molecule has 0 bridgehead atoms. The Bertz CT molecular complexity index is 1780. The third-order valence-electron chi connectivity index (χ3n) is 6.64. The minimum atomic E-state index is -4.14. The molecule has 1 amide bonds. The Morgan fingerprint density at radius 2 is 1.40 bits per heavy atom. The molecule has 1 atom stereocenters. The van der Waals surface area contributed by atoms with Crippen LogP contribution >= 0.6 is 0 Å². The number of sulfonamides is 2. The average molecular weight is 579 g/mol. The highest BCUT2D eigenvalue weighted by Crippen LogP contribution is 2.27. The summed E-state index contributed by atoms with van der Waals surface area (Å²) in [5.41, 5.74) is 2.71. The van der Waals surface area contributed by atoms with Gasteiger partial charge in [-0.1, -0.05) is 66.7 Å². The van der Waals surface area contributed by atoms with Crippen LogP contribution in [-0.2, 0) is 24.8 Å². The van der Waals surface area contributed by atoms with Crippen LogP contribution in [0.3, 0.4) is 0 Å². The second-order valence-electron chi connectivity index (χ2n) is 9.07. The van der Waals surface area contributed by atoms with Gasteiger partial charge in [0.2, 0.25) is 20.0 Å². The fraction of sp³-hybridized carbons (Fsp3) is 0.143. The molecule has 4 aromatic rings. The van der Waals surface area contributed by atoms with Crippen LogP contribution in [-0.4, -0.2) is 68.4 Å². The highest BCUT2D eigenvalue weighted by atomic mass is 32.2. The van der Waals surface area contributed by atoms with E-state index in [9.17, 15) is 26.7 Å². The van der Waals surface area contributed by atoms with Gasteiger partial charge in [0.15, 0.2) is 0 Å². The van der Waals surface area contributed by atoms with Gasteiger partial charge in [-0.25, -0.2) is 22.3 Å². The Labute approximate surface area is 232 Å². The van der Waals surface area contributed by atoms with Crippen LogP contribution in [0.5, 0.6) is 5.75 Å². The smallest absolute Gasteiger partial charge is 0.259 e. The SMILES string of the molecule is O=C(N/N=C\c1c(O)ccc2ccccc12)[C@@H]1CN(S(=O)(=O)c2ccccc2)CCN1S(=O)(=O)c1ccccc1. The van der Waals surface area contributed by atoms with Crippen LogP contribution in [0.2, 0.25) is 0 Å². The van der Waals surface area contributed by atoms with Gasteiger partial charge in [0, 0.05) is 25.2 Å². The van der Waals surface area contributed by atoms with Crippen molar-refractivity contribution in [2.75, 3.05) is 19.6 Å². The van der Waals surface area contributed by atoms with E-state index in [4.69, 9.17) is 0 Å². The van der Waals surface area contributed by atoms with E-state index in [-0.39, 0.29) is 28.6 Å². The molecule has 1 fully saturated rings. The van der Waals surface area contributed by atoms with E-state index in [1.807, 2.05) is 12.1 Å². The van der Waals surface area contributed by atoms with Crippen LogP contribution in [0, 0.1) is 0 Å². The zero-order chi connectivity index (χ0) is 28.3. The summed E-state index contributed by atoms with van der Waals surface area (Å²) in [7, 11) is -8.14. The van der Waals surface area contributed by atoms with E-state index in [1.165, 1.54) is 36.5 Å². The van der Waals surface area contributed by atoms with Gasteiger partial charge < -0.3 is 5.11 Å². The zero-order valence-corrected chi connectivity index (χ0v) is 22.8. The molecule has 0 spiro atoms. The lowest BCUT2D eigenvalue weighted by atomic mass is 10.0. The largest absolute Gasteiger partial charge is 0.507 e. The number of carbonyl (C=O) groups is 1. The number of benzene rings is 4. The third-order valence-corrected chi connectivity index (χ3v) is 10.4. The van der Waals surface area contributed by atoms with Gasteiger partial charge in [-0.05, 0) is 41.1 Å². The van der Waals surface area contributed by atoms with E-state index in [0.29, 0.717) is 10.9 Å². The number of piperazine rings is 1. The van der Waals surface area contributed by atoms with Crippen molar-refractivity contribution in [3.8, 4) is 5.75 Å². The molecule has 1 aliphatic rings. The maximum Gasteiger partial charge on any atom is 0.259 e. The van der Waals surface area contributed by atoms with Gasteiger partial charge in [-0.3, -0.25) is 4.79 Å². The molecule has 0 radical (unpaired) electrons. The van der Waals surface area contributed by atoms with Crippen LogP contribution in [0.25, 0.3) is 10.8 Å². The molecule has 10 nitrogen and oxygen atoms in total. The molecule has 12 heteroatoms. The number of rotatable bonds is 7. The van der Waals surface area contributed by atoms with Crippen molar-refractivity contribution in [1.29, 1.82) is 0 Å². The Balaban J connectivity index is 1.45. The molecule has 0 aliphatic carbocycles. The second-order valence-corrected chi connectivity index (χ2v) is 12.9. The fourth-order valence-electron chi connectivity index (χ4n) is 4.58. The summed E-state index contributed by atoms with van der Waals surface area (Å²) in [6, 6.07) is 24.5. The molecule has 0 saturated carbocycles. The number of hydrogen-bond donors (Lipinski definition) is 2. The summed E-state index contributed by atoms with van der Waals surface area (Å²) < 4.78 is 55.8. The molecule has 40 heavy (non-hydrogen) atoms. The van der Waals surface area contributed by atoms with Gasteiger partial charge in [0.1, 0.15) is 11.8 Å². The number of phenolic OH excluding ortho intramolecular Hbond substituents is 1. The Morgan fingerprint density at radius 3 is 2.08 bits per heavy atom. The summed E-state index contributed by atoms with van der Waals surface area (Å²) in [5.74, 6) is -0.869. The lowest BCUT2D eigenvalue weighted by Crippen LogP contribution is -2.60. The van der Waals surface area contributed by atoms with Gasteiger partial charge in [0.25, 0.3) is 5.91 Å². The van der Waals surface area contributed by atoms with Crippen LogP contribution in [0.15, 0.2) is 112 Å². The predicted octanol–water partition coefficient (Wildman–Crippen LogP) is 2.76. The van der Waals surface area contributed by atoms with Gasteiger partial charge in [-0.2, -0.15) is 13.7 Å². The predicted molar refractivity (Wildman–Crippen MR) is 151 cm³/mol. The summed E-state index contributed by atoms with van der Waals surface area (Å²) in [4.78, 5) is 13.4. The number of carbonyl (C=O) groups excluding carboxylic acids is 1. The number of phenols is 1. The minimum Gasteiger partial charge on any atom is -0.507 e. The normalized spacial score (nSPS) is 17.2. The van der Waals surface area contributed by atoms with E-state index in [1.54, 1.807) is 54.6 Å². The number of aromatic hydroxyl groups is 1. The molecule has 2 N–H and O–H groups in total. The molecular weight excluding hydrogens is 552 g/mol. The second kappa shape index (κ2) is 11.2. The fourth-order valence-corrected chi connectivity index (χ4v) is 7.63. The Morgan fingerprint density at radius 1 is 0.800 bits per heavy atom. The van der Waals surface area contributed by atoms with Crippen molar-refractivity contribution < 1.29 is 26.7 Å². The average Bonchev–Trinajstić information content (AvgIpc) is 2.98. The molecule has 1 aliphatic heterocycles. The first-order valence-electron chi connectivity index (χ1n) is 12.4. The Kier molecular flexibility index (Phi) is 7.68. The lowest BCUT2D eigenvalue weighted by molar-refractivity contribution is -0.125. The number of nitrogens with one attached hydrogen (secondary N) is 1. The number of fused-ring (bicyclic) bond motifs is 1. The lowest BCUT2D eigenvalue weighted by Gasteiger charge is -2.38. The summed E-state index contributed by atoms with van der Waals surface area (Å²) in [6.07, 6.45) is 1.27. The summed E-state index contributed by atoms with van der Waals surface area (Å²) in [5, 5.41) is 15.9. The van der Waals surface area contributed by atoms with Gasteiger partial charge in [-0.15, -0.1) is 0 Å². The molecular formula is C28H26N4O6S2. The highest BCUT2D eigenvalue weighted by molar-refractivity contribution is 7.89. The molecule has 4 aromatic carbocycles. The van der Waals surface area contributed by atoms with Crippen LogP contribution in [0.1, 0.15) is 5.56 Å². The van der Waals surface area contributed by atoms with Crippen molar-refractivity contribution in [1.82, 2.24) is 14.0 Å². The van der Waals surface area contributed by atoms with E-state index in [2.05, 4.69) is 10.5 Å². The first-order chi connectivity index (χ1) is 19.2. The molecule has 0 unspecified atom stereocenters. The number of amides is 1. The molecule has 1 saturated heterocycles. The van der Waals surface area contributed by atoms with Gasteiger partial charge >= 0.3 is 0 Å². The highest BCUT2D eigenvalue weighted by Gasteiger charge is 2.43. The topological polar surface area (TPSA) is 136 Å². The first kappa shape index (κ1) is 27.5. The minimum absolute atomic E-state index is 0.0173.